The number of fused-ring (bicyclic) bond motifs is 1. The molecule has 2 aliphatic rings. The van der Waals surface area contributed by atoms with E-state index in [0.717, 1.165) is 61.2 Å². The molecule has 1 saturated heterocycles. The Hall–Kier alpha value is -1.63. The van der Waals surface area contributed by atoms with Crippen molar-refractivity contribution in [3.8, 4) is 0 Å². The molecule has 0 N–H and O–H groups in total. The van der Waals surface area contributed by atoms with Gasteiger partial charge in [-0.05, 0) is 19.3 Å². The Morgan fingerprint density at radius 3 is 2.67 bits per heavy atom. The zero-order chi connectivity index (χ0) is 16.9. The molecule has 2 fully saturated rings. The molecule has 0 unspecified atom stereocenters. The van der Waals surface area contributed by atoms with Gasteiger partial charge in [-0.3, -0.25) is 4.79 Å². The Morgan fingerprint density at radius 1 is 1.21 bits per heavy atom. The molecule has 0 spiro atoms. The van der Waals surface area contributed by atoms with Gasteiger partial charge in [0.25, 0.3) is 0 Å². The second-order valence-corrected chi connectivity index (χ2v) is 8.86. The van der Waals surface area contributed by atoms with E-state index in [2.05, 4.69) is 25.7 Å². The van der Waals surface area contributed by atoms with Crippen molar-refractivity contribution in [1.82, 2.24) is 19.5 Å². The fourth-order valence-electron chi connectivity index (χ4n) is 3.10. The summed E-state index contributed by atoms with van der Waals surface area (Å²) in [6.07, 6.45) is 5.21. The summed E-state index contributed by atoms with van der Waals surface area (Å²) < 4.78 is 1.90. The van der Waals surface area contributed by atoms with Crippen LogP contribution in [0.5, 0.6) is 0 Å². The Kier molecular flexibility index (Phi) is 3.78. The molecule has 1 aliphatic carbocycles. The van der Waals surface area contributed by atoms with E-state index in [0.29, 0.717) is 11.8 Å². The minimum atomic E-state index is 0.0415. The Bertz CT molecular complexity index is 723. The lowest BCUT2D eigenvalue weighted by molar-refractivity contribution is -0.132. The number of carbonyl (C=O) groups excluding carboxylic acids is 1. The van der Waals surface area contributed by atoms with Gasteiger partial charge in [0.2, 0.25) is 16.0 Å². The molecule has 130 valence electrons. The number of hydrogen-bond donors (Lipinski definition) is 0. The molecule has 7 heteroatoms. The van der Waals surface area contributed by atoms with E-state index >= 15 is 0 Å². The van der Waals surface area contributed by atoms with E-state index in [9.17, 15) is 4.79 Å². The van der Waals surface area contributed by atoms with Crippen LogP contribution in [0.15, 0.2) is 6.20 Å². The number of anilines is 1. The van der Waals surface area contributed by atoms with Crippen LogP contribution in [0.2, 0.25) is 0 Å². The van der Waals surface area contributed by atoms with Gasteiger partial charge in [-0.25, -0.2) is 9.50 Å². The van der Waals surface area contributed by atoms with Crippen LogP contribution in [0, 0.1) is 5.92 Å². The van der Waals surface area contributed by atoms with Crippen molar-refractivity contribution < 1.29 is 4.79 Å². The van der Waals surface area contributed by atoms with Gasteiger partial charge in [0.1, 0.15) is 0 Å². The van der Waals surface area contributed by atoms with Gasteiger partial charge in [-0.15, -0.1) is 5.10 Å². The molecule has 1 amide bonds. The van der Waals surface area contributed by atoms with E-state index in [1.807, 2.05) is 15.6 Å². The van der Waals surface area contributed by atoms with Crippen molar-refractivity contribution in [2.75, 3.05) is 31.1 Å². The largest absolute Gasteiger partial charge is 0.345 e. The molecule has 1 saturated carbocycles. The van der Waals surface area contributed by atoms with Crippen LogP contribution in [0.3, 0.4) is 0 Å². The second-order valence-electron chi connectivity index (χ2n) is 7.93. The van der Waals surface area contributed by atoms with Crippen molar-refractivity contribution in [2.45, 2.75) is 45.4 Å². The van der Waals surface area contributed by atoms with E-state index in [-0.39, 0.29) is 5.41 Å². The molecule has 2 aromatic heterocycles. The van der Waals surface area contributed by atoms with Crippen LogP contribution in [-0.4, -0.2) is 51.6 Å². The Labute approximate surface area is 146 Å². The zero-order valence-corrected chi connectivity index (χ0v) is 15.5. The minimum absolute atomic E-state index is 0.0415. The number of aromatic nitrogens is 3. The highest BCUT2D eigenvalue weighted by atomic mass is 32.1. The van der Waals surface area contributed by atoms with Gasteiger partial charge in [-0.2, -0.15) is 0 Å². The summed E-state index contributed by atoms with van der Waals surface area (Å²) in [5.74, 6) is 0.677. The number of nitrogens with zero attached hydrogens (tertiary/aromatic N) is 5. The number of hydrogen-bond acceptors (Lipinski definition) is 5. The van der Waals surface area contributed by atoms with E-state index in [4.69, 9.17) is 10.1 Å². The summed E-state index contributed by atoms with van der Waals surface area (Å²) in [5, 5.41) is 5.74. The molecule has 3 heterocycles. The lowest BCUT2D eigenvalue weighted by Gasteiger charge is -2.21. The summed E-state index contributed by atoms with van der Waals surface area (Å²) >= 11 is 1.64. The van der Waals surface area contributed by atoms with Crippen molar-refractivity contribution >= 4 is 27.3 Å². The molecule has 0 atom stereocenters. The summed E-state index contributed by atoms with van der Waals surface area (Å²) in [5.41, 5.74) is 1.12. The van der Waals surface area contributed by atoms with Gasteiger partial charge >= 0.3 is 0 Å². The third-order valence-electron chi connectivity index (χ3n) is 4.81. The first kappa shape index (κ1) is 15.9. The normalized spacial score (nSPS) is 19.8. The fourth-order valence-corrected chi connectivity index (χ4v) is 4.03. The number of carbonyl (C=O) groups is 1. The molecular weight excluding hydrogens is 322 g/mol. The molecule has 0 aromatic carbocycles. The Morgan fingerprint density at radius 2 is 2.00 bits per heavy atom. The quantitative estimate of drug-likeness (QED) is 0.838. The molecule has 0 bridgehead atoms. The van der Waals surface area contributed by atoms with Gasteiger partial charge in [0, 0.05) is 37.5 Å². The molecule has 6 nitrogen and oxygen atoms in total. The molecule has 2 aromatic rings. The van der Waals surface area contributed by atoms with Crippen molar-refractivity contribution in [2.24, 2.45) is 5.92 Å². The first-order valence-electron chi connectivity index (χ1n) is 8.82. The number of amides is 1. The first-order chi connectivity index (χ1) is 11.4. The van der Waals surface area contributed by atoms with Gasteiger partial charge in [-0.1, -0.05) is 32.1 Å². The highest BCUT2D eigenvalue weighted by Crippen LogP contribution is 2.32. The molecule has 1 aliphatic heterocycles. The van der Waals surface area contributed by atoms with Crippen molar-refractivity contribution in [3.63, 3.8) is 0 Å². The van der Waals surface area contributed by atoms with E-state index < -0.39 is 0 Å². The fraction of sp³-hybridized carbons (Fsp3) is 0.706. The third kappa shape index (κ3) is 3.01. The smallest absolute Gasteiger partial charge is 0.225 e. The zero-order valence-electron chi connectivity index (χ0n) is 14.7. The highest BCUT2D eigenvalue weighted by Gasteiger charge is 2.34. The van der Waals surface area contributed by atoms with Crippen molar-refractivity contribution in [3.05, 3.63) is 11.9 Å². The molecule has 24 heavy (non-hydrogen) atoms. The van der Waals surface area contributed by atoms with E-state index in [1.54, 1.807) is 11.3 Å². The molecule has 0 radical (unpaired) electrons. The predicted molar refractivity (Wildman–Crippen MR) is 95.7 cm³/mol. The van der Waals surface area contributed by atoms with Crippen LogP contribution < -0.4 is 4.90 Å². The summed E-state index contributed by atoms with van der Waals surface area (Å²) in [4.78, 5) is 22.3. The second kappa shape index (κ2) is 5.72. The predicted octanol–water partition coefficient (Wildman–Crippen LogP) is 2.54. The van der Waals surface area contributed by atoms with E-state index in [1.165, 1.54) is 0 Å². The van der Waals surface area contributed by atoms with Crippen molar-refractivity contribution in [1.29, 1.82) is 0 Å². The average molecular weight is 347 g/mol. The third-order valence-corrected chi connectivity index (χ3v) is 5.79. The SMILES string of the molecule is CC(C)(C)c1cn2nc(N3CCCN(C(=O)C4CC4)CC3)sc2n1. The summed E-state index contributed by atoms with van der Waals surface area (Å²) in [7, 11) is 0. The Balaban J connectivity index is 1.48. The summed E-state index contributed by atoms with van der Waals surface area (Å²) in [6, 6.07) is 0. The average Bonchev–Trinajstić information content (AvgIpc) is 3.22. The lowest BCUT2D eigenvalue weighted by atomic mass is 9.93. The topological polar surface area (TPSA) is 53.7 Å². The van der Waals surface area contributed by atoms with Gasteiger partial charge < -0.3 is 9.80 Å². The molecular formula is C17H25N5OS. The first-order valence-corrected chi connectivity index (χ1v) is 9.64. The van der Waals surface area contributed by atoms with Crippen LogP contribution in [0.1, 0.15) is 45.7 Å². The number of rotatable bonds is 2. The number of imidazole rings is 1. The maximum atomic E-state index is 12.3. The van der Waals surface area contributed by atoms with Crippen LogP contribution in [-0.2, 0) is 10.2 Å². The van der Waals surface area contributed by atoms with Crippen LogP contribution in [0.4, 0.5) is 5.13 Å². The van der Waals surface area contributed by atoms with Crippen LogP contribution in [0.25, 0.3) is 4.96 Å². The maximum absolute atomic E-state index is 12.3. The van der Waals surface area contributed by atoms with Gasteiger partial charge in [0.05, 0.1) is 11.9 Å². The highest BCUT2D eigenvalue weighted by molar-refractivity contribution is 7.20. The monoisotopic (exact) mass is 347 g/mol. The lowest BCUT2D eigenvalue weighted by Crippen LogP contribution is -2.36. The van der Waals surface area contributed by atoms with Crippen LogP contribution >= 0.6 is 11.3 Å². The standard InChI is InChI=1S/C17H25N5OS/c1-17(2,3)13-11-22-15(18-13)24-16(19-22)21-8-4-7-20(9-10-21)14(23)12-5-6-12/h11-12H,4-10H2,1-3H3. The summed E-state index contributed by atoms with van der Waals surface area (Å²) in [6.45, 7) is 10.0. The maximum Gasteiger partial charge on any atom is 0.225 e. The van der Waals surface area contributed by atoms with Gasteiger partial charge in [0.15, 0.2) is 0 Å². The molecule has 4 rings (SSSR count). The minimum Gasteiger partial charge on any atom is -0.345 e.